The Morgan fingerprint density at radius 2 is 1.94 bits per heavy atom. The molecule has 4 aromatic rings. The van der Waals surface area contributed by atoms with Crippen LogP contribution in [0.25, 0.3) is 27.8 Å². The first-order valence-corrected chi connectivity index (χ1v) is 5.19. The molecule has 0 aliphatic carbocycles. The van der Waals surface area contributed by atoms with Gasteiger partial charge in [0.05, 0.1) is 22.1 Å². The van der Waals surface area contributed by atoms with Crippen LogP contribution in [0, 0.1) is 6.07 Å². The average molecular weight is 206 g/mol. The van der Waals surface area contributed by atoms with Crippen LogP contribution in [-0.2, 0) is 0 Å². The molecular formula is C13H8N3. The van der Waals surface area contributed by atoms with Crippen molar-refractivity contribution in [2.24, 2.45) is 0 Å². The lowest BCUT2D eigenvalue weighted by Crippen LogP contribution is -1.78. The fourth-order valence-corrected chi connectivity index (χ4v) is 2.18. The molecule has 0 aliphatic heterocycles. The summed E-state index contributed by atoms with van der Waals surface area (Å²) in [5.74, 6) is 0.874. The predicted molar refractivity (Wildman–Crippen MR) is 63.4 cm³/mol. The lowest BCUT2D eigenvalue weighted by Gasteiger charge is -1.92. The number of rotatable bonds is 0. The number of aromatic nitrogens is 3. The Hall–Kier alpha value is -2.29. The summed E-state index contributed by atoms with van der Waals surface area (Å²) in [4.78, 5) is 7.80. The van der Waals surface area contributed by atoms with E-state index >= 15 is 0 Å². The summed E-state index contributed by atoms with van der Waals surface area (Å²) in [6.45, 7) is 0. The highest BCUT2D eigenvalue weighted by Gasteiger charge is 2.08. The molecule has 0 saturated heterocycles. The summed E-state index contributed by atoms with van der Waals surface area (Å²) in [6, 6.07) is 17.3. The van der Waals surface area contributed by atoms with E-state index in [1.54, 1.807) is 0 Å². The van der Waals surface area contributed by atoms with Gasteiger partial charge in [-0.25, -0.2) is 4.98 Å². The summed E-state index contributed by atoms with van der Waals surface area (Å²) in [5, 5.41) is 0. The molecule has 2 aromatic heterocycles. The largest absolute Gasteiger partial charge is 0.323 e. The first-order valence-electron chi connectivity index (χ1n) is 5.19. The van der Waals surface area contributed by atoms with E-state index in [1.807, 2.05) is 30.3 Å². The molecule has 2 aromatic carbocycles. The third kappa shape index (κ3) is 0.852. The van der Waals surface area contributed by atoms with Crippen molar-refractivity contribution >= 4 is 27.8 Å². The van der Waals surface area contributed by atoms with E-state index in [-0.39, 0.29) is 0 Å². The second-order valence-corrected chi connectivity index (χ2v) is 3.81. The number of para-hydroxylation sites is 3. The summed E-state index contributed by atoms with van der Waals surface area (Å²) in [7, 11) is 0. The molecule has 1 N–H and O–H groups in total. The Labute approximate surface area is 91.3 Å². The Balaban J connectivity index is 2.38. The summed E-state index contributed by atoms with van der Waals surface area (Å²) < 4.78 is 2.13. The number of nitrogens with one attached hydrogen (secondary N) is 1. The number of aromatic amines is 1. The first kappa shape index (κ1) is 7.93. The van der Waals surface area contributed by atoms with Gasteiger partial charge in [0.25, 0.3) is 0 Å². The smallest absolute Gasteiger partial charge is 0.213 e. The fourth-order valence-electron chi connectivity index (χ4n) is 2.18. The number of imidazole rings is 2. The Bertz CT molecular complexity index is 742. The van der Waals surface area contributed by atoms with E-state index in [4.69, 9.17) is 0 Å². The van der Waals surface area contributed by atoms with Crippen molar-refractivity contribution < 1.29 is 0 Å². The van der Waals surface area contributed by atoms with Crippen molar-refractivity contribution in [1.82, 2.24) is 14.4 Å². The van der Waals surface area contributed by atoms with Crippen LogP contribution in [0.4, 0.5) is 0 Å². The number of H-pyrrole nitrogens is 1. The van der Waals surface area contributed by atoms with E-state index in [9.17, 15) is 0 Å². The maximum atomic E-state index is 4.54. The van der Waals surface area contributed by atoms with Gasteiger partial charge in [0.15, 0.2) is 0 Å². The summed E-state index contributed by atoms with van der Waals surface area (Å²) in [6.07, 6.45) is 0. The number of fused-ring (bicyclic) bond motifs is 5. The van der Waals surface area contributed by atoms with Crippen LogP contribution in [0.1, 0.15) is 0 Å². The van der Waals surface area contributed by atoms with Crippen LogP contribution < -0.4 is 0 Å². The van der Waals surface area contributed by atoms with Crippen molar-refractivity contribution in [1.29, 1.82) is 0 Å². The molecule has 3 nitrogen and oxygen atoms in total. The normalized spacial score (nSPS) is 11.8. The fraction of sp³-hybridized carbons (Fsp3) is 0. The Morgan fingerprint density at radius 3 is 2.94 bits per heavy atom. The van der Waals surface area contributed by atoms with Gasteiger partial charge in [-0.1, -0.05) is 24.3 Å². The second kappa shape index (κ2) is 2.64. The van der Waals surface area contributed by atoms with E-state index in [0.717, 1.165) is 27.8 Å². The molecule has 0 atom stereocenters. The van der Waals surface area contributed by atoms with Gasteiger partial charge in [-0.2, -0.15) is 0 Å². The maximum Gasteiger partial charge on any atom is 0.213 e. The molecule has 2 heterocycles. The molecule has 0 aliphatic rings. The molecule has 0 unspecified atom stereocenters. The number of hydrogen-bond acceptors (Lipinski definition) is 1. The van der Waals surface area contributed by atoms with Gasteiger partial charge in [0, 0.05) is 6.07 Å². The van der Waals surface area contributed by atoms with E-state index in [0.29, 0.717) is 0 Å². The molecule has 0 spiro atoms. The molecule has 3 heteroatoms. The van der Waals surface area contributed by atoms with Crippen molar-refractivity contribution in [3.8, 4) is 0 Å². The molecule has 0 amide bonds. The lowest BCUT2D eigenvalue weighted by molar-refractivity contribution is 1.28. The third-order valence-corrected chi connectivity index (χ3v) is 2.87. The number of nitrogens with zero attached hydrogens (tertiary/aromatic N) is 2. The first-order chi connectivity index (χ1) is 7.93. The van der Waals surface area contributed by atoms with Gasteiger partial charge in [-0.05, 0) is 18.2 Å². The molecular weight excluding hydrogens is 198 g/mol. The van der Waals surface area contributed by atoms with Crippen LogP contribution in [0.2, 0.25) is 0 Å². The van der Waals surface area contributed by atoms with Crippen molar-refractivity contribution in [2.75, 3.05) is 0 Å². The van der Waals surface area contributed by atoms with Crippen molar-refractivity contribution in [3.63, 3.8) is 0 Å². The van der Waals surface area contributed by atoms with Gasteiger partial charge in [-0.15, -0.1) is 0 Å². The summed E-state index contributed by atoms with van der Waals surface area (Å²) >= 11 is 0. The minimum atomic E-state index is 0.874. The monoisotopic (exact) mass is 206 g/mol. The topological polar surface area (TPSA) is 33.1 Å². The van der Waals surface area contributed by atoms with E-state index in [1.165, 1.54) is 0 Å². The van der Waals surface area contributed by atoms with Gasteiger partial charge in [0.2, 0.25) is 5.78 Å². The molecule has 1 radical (unpaired) electrons. The highest BCUT2D eigenvalue weighted by molar-refractivity contribution is 5.89. The average Bonchev–Trinajstić information content (AvgIpc) is 2.83. The molecule has 75 valence electrons. The zero-order valence-corrected chi connectivity index (χ0v) is 8.44. The molecule has 0 bridgehead atoms. The lowest BCUT2D eigenvalue weighted by atomic mass is 10.3. The second-order valence-electron chi connectivity index (χ2n) is 3.81. The summed E-state index contributed by atoms with van der Waals surface area (Å²) in [5.41, 5.74) is 4.25. The zero-order chi connectivity index (χ0) is 10.5. The number of benzene rings is 2. The molecule has 16 heavy (non-hydrogen) atoms. The van der Waals surface area contributed by atoms with Crippen LogP contribution in [-0.4, -0.2) is 14.4 Å². The van der Waals surface area contributed by atoms with Gasteiger partial charge < -0.3 is 4.98 Å². The minimum absolute atomic E-state index is 0.874. The van der Waals surface area contributed by atoms with Crippen LogP contribution in [0.15, 0.2) is 42.5 Å². The van der Waals surface area contributed by atoms with Gasteiger partial charge in [0.1, 0.15) is 0 Å². The Kier molecular flexibility index (Phi) is 1.31. The Morgan fingerprint density at radius 1 is 1.06 bits per heavy atom. The quantitative estimate of drug-likeness (QED) is 0.471. The number of hydrogen-bond donors (Lipinski definition) is 1. The third-order valence-electron chi connectivity index (χ3n) is 2.87. The zero-order valence-electron chi connectivity index (χ0n) is 8.44. The highest BCUT2D eigenvalue weighted by Crippen LogP contribution is 2.21. The van der Waals surface area contributed by atoms with Crippen LogP contribution in [0.3, 0.4) is 0 Å². The van der Waals surface area contributed by atoms with Crippen LogP contribution >= 0.6 is 0 Å². The minimum Gasteiger partial charge on any atom is -0.323 e. The molecule has 0 saturated carbocycles. The molecule has 4 rings (SSSR count). The van der Waals surface area contributed by atoms with Crippen molar-refractivity contribution in [2.45, 2.75) is 0 Å². The van der Waals surface area contributed by atoms with Crippen molar-refractivity contribution in [3.05, 3.63) is 48.5 Å². The van der Waals surface area contributed by atoms with Gasteiger partial charge in [-0.3, -0.25) is 4.40 Å². The maximum absolute atomic E-state index is 4.54. The highest BCUT2D eigenvalue weighted by atomic mass is 15.1. The van der Waals surface area contributed by atoms with E-state index < -0.39 is 0 Å². The van der Waals surface area contributed by atoms with E-state index in [2.05, 4.69) is 32.6 Å². The standard InChI is InChI=1S/C13H8N3/c1-3-7-11-9(5-1)14-13-15-10-6-2-4-8-12(10)16(11)13/h1-5,7-8H,(H,14,15). The SMILES string of the molecule is [c]1cccc2c1[nH]c1nc3ccccc3n12. The van der Waals surface area contributed by atoms with Gasteiger partial charge >= 0.3 is 0 Å². The predicted octanol–water partition coefficient (Wildman–Crippen LogP) is 2.77. The van der Waals surface area contributed by atoms with Crippen LogP contribution in [0.5, 0.6) is 0 Å². The molecule has 0 fully saturated rings.